The van der Waals surface area contributed by atoms with E-state index in [0.29, 0.717) is 0 Å². The van der Waals surface area contributed by atoms with Gasteiger partial charge < -0.3 is 0 Å². The van der Waals surface area contributed by atoms with Crippen LogP contribution in [0.25, 0.3) is 32.3 Å². The van der Waals surface area contributed by atoms with Crippen LogP contribution >= 0.6 is 0 Å². The van der Waals surface area contributed by atoms with E-state index in [-0.39, 0.29) is 0 Å². The average molecular weight is 256 g/mol. The third kappa shape index (κ3) is 1.61. The lowest BCUT2D eigenvalue weighted by molar-refractivity contribution is 1.15. The highest BCUT2D eigenvalue weighted by Crippen LogP contribution is 2.33. The molecule has 0 spiro atoms. The van der Waals surface area contributed by atoms with Gasteiger partial charge >= 0.3 is 0 Å². The SMILES string of the molecule is CCc1cccc2ccc3c4ccccc4cc3c2c1. The van der Waals surface area contributed by atoms with E-state index in [1.807, 2.05) is 0 Å². The highest BCUT2D eigenvalue weighted by atomic mass is 14.1. The normalized spacial score (nSPS) is 11.4. The van der Waals surface area contributed by atoms with Crippen molar-refractivity contribution >= 4 is 32.3 Å². The number of aryl methyl sites for hydroxylation is 1. The summed E-state index contributed by atoms with van der Waals surface area (Å²) in [5.74, 6) is 0. The maximum absolute atomic E-state index is 2.34. The second kappa shape index (κ2) is 4.35. The number of hydrogen-bond donors (Lipinski definition) is 0. The fourth-order valence-corrected chi connectivity index (χ4v) is 3.10. The van der Waals surface area contributed by atoms with Crippen molar-refractivity contribution in [3.8, 4) is 0 Å². The van der Waals surface area contributed by atoms with E-state index in [1.165, 1.54) is 37.9 Å². The van der Waals surface area contributed by atoms with Gasteiger partial charge in [-0.05, 0) is 50.4 Å². The molecule has 0 heterocycles. The predicted molar refractivity (Wildman–Crippen MR) is 88.3 cm³/mol. The maximum Gasteiger partial charge on any atom is -0.00929 e. The third-order valence-corrected chi connectivity index (χ3v) is 4.20. The second-order valence-corrected chi connectivity index (χ2v) is 5.36. The zero-order chi connectivity index (χ0) is 13.5. The Hall–Kier alpha value is -2.34. The topological polar surface area (TPSA) is 0 Å². The Labute approximate surface area is 118 Å². The van der Waals surface area contributed by atoms with Crippen molar-refractivity contribution in [3.63, 3.8) is 0 Å². The number of benzene rings is 2. The fourth-order valence-electron chi connectivity index (χ4n) is 3.10. The van der Waals surface area contributed by atoms with Gasteiger partial charge in [-0.3, -0.25) is 0 Å². The second-order valence-electron chi connectivity index (χ2n) is 5.36. The van der Waals surface area contributed by atoms with Crippen LogP contribution in [0.2, 0.25) is 0 Å². The summed E-state index contributed by atoms with van der Waals surface area (Å²) < 4.78 is 0. The largest absolute Gasteiger partial charge is 0.0616 e. The lowest BCUT2D eigenvalue weighted by Gasteiger charge is -1.98. The zero-order valence-electron chi connectivity index (χ0n) is 11.6. The summed E-state index contributed by atoms with van der Waals surface area (Å²) in [6.45, 7) is 2.21. The van der Waals surface area contributed by atoms with Gasteiger partial charge in [0.05, 0.1) is 0 Å². The van der Waals surface area contributed by atoms with Crippen molar-refractivity contribution < 1.29 is 0 Å². The molecular weight excluding hydrogens is 240 g/mol. The zero-order valence-corrected chi connectivity index (χ0v) is 11.6. The van der Waals surface area contributed by atoms with E-state index in [2.05, 4.69) is 73.7 Å². The van der Waals surface area contributed by atoms with E-state index < -0.39 is 0 Å². The summed E-state index contributed by atoms with van der Waals surface area (Å²) in [6, 6.07) is 24.4. The first kappa shape index (κ1) is 11.5. The Balaban J connectivity index is 2.25. The molecule has 96 valence electrons. The summed E-state index contributed by atoms with van der Waals surface area (Å²) >= 11 is 0. The van der Waals surface area contributed by atoms with Crippen LogP contribution in [0, 0.1) is 0 Å². The molecule has 0 heteroatoms. The molecule has 0 aliphatic heterocycles. The predicted octanol–water partition coefficient (Wildman–Crippen LogP) is 5.71. The molecule has 0 radical (unpaired) electrons. The molecule has 4 aromatic carbocycles. The van der Waals surface area contributed by atoms with Crippen LogP contribution < -0.4 is 0 Å². The van der Waals surface area contributed by atoms with Crippen molar-refractivity contribution in [2.45, 2.75) is 13.3 Å². The smallest absolute Gasteiger partial charge is 0.00929 e. The minimum Gasteiger partial charge on any atom is -0.0616 e. The Bertz CT molecular complexity index is 932. The maximum atomic E-state index is 2.34. The van der Waals surface area contributed by atoms with E-state index in [0.717, 1.165) is 6.42 Å². The van der Waals surface area contributed by atoms with Crippen LogP contribution in [0.4, 0.5) is 0 Å². The molecule has 0 aliphatic carbocycles. The van der Waals surface area contributed by atoms with Crippen molar-refractivity contribution in [1.82, 2.24) is 0 Å². The van der Waals surface area contributed by atoms with Crippen LogP contribution in [0.1, 0.15) is 12.5 Å². The fraction of sp³-hybridized carbons (Fsp3) is 0.100. The highest BCUT2D eigenvalue weighted by molar-refractivity contribution is 6.20. The molecular formula is C20H16. The molecule has 0 N–H and O–H groups in total. The van der Waals surface area contributed by atoms with Crippen molar-refractivity contribution in [2.24, 2.45) is 0 Å². The molecule has 0 bridgehead atoms. The van der Waals surface area contributed by atoms with Gasteiger partial charge in [-0.15, -0.1) is 0 Å². The van der Waals surface area contributed by atoms with E-state index in [1.54, 1.807) is 0 Å². The lowest BCUT2D eigenvalue weighted by atomic mass is 10.1. The van der Waals surface area contributed by atoms with Crippen LogP contribution in [-0.2, 0) is 6.42 Å². The van der Waals surface area contributed by atoms with Gasteiger partial charge in [-0.2, -0.15) is 0 Å². The van der Waals surface area contributed by atoms with Crippen molar-refractivity contribution in [3.05, 3.63) is 72.3 Å². The van der Waals surface area contributed by atoms with Crippen LogP contribution in [0.15, 0.2) is 66.7 Å². The van der Waals surface area contributed by atoms with Gasteiger partial charge in [-0.1, -0.05) is 67.6 Å². The van der Waals surface area contributed by atoms with Crippen LogP contribution in [-0.4, -0.2) is 0 Å². The minimum atomic E-state index is 1.07. The summed E-state index contributed by atoms with van der Waals surface area (Å²) in [5, 5.41) is 8.09. The number of rotatable bonds is 1. The van der Waals surface area contributed by atoms with E-state index in [9.17, 15) is 0 Å². The Morgan fingerprint density at radius 2 is 1.45 bits per heavy atom. The standard InChI is InChI=1S/C20H16/c1-2-14-6-5-8-15-10-11-18-17-9-4-3-7-16(17)13-20(18)19(15)12-14/h3-13H,2H2,1H3. The Morgan fingerprint density at radius 3 is 2.35 bits per heavy atom. The summed E-state index contributed by atoms with van der Waals surface area (Å²) in [7, 11) is 0. The third-order valence-electron chi connectivity index (χ3n) is 4.20. The molecule has 0 atom stereocenters. The van der Waals surface area contributed by atoms with Crippen molar-refractivity contribution in [2.75, 3.05) is 0 Å². The number of hydrogen-bond acceptors (Lipinski definition) is 0. The molecule has 20 heavy (non-hydrogen) atoms. The van der Waals surface area contributed by atoms with E-state index >= 15 is 0 Å². The first-order chi connectivity index (χ1) is 9.86. The lowest BCUT2D eigenvalue weighted by Crippen LogP contribution is -1.74. The van der Waals surface area contributed by atoms with E-state index in [4.69, 9.17) is 0 Å². The Morgan fingerprint density at radius 1 is 0.600 bits per heavy atom. The highest BCUT2D eigenvalue weighted by Gasteiger charge is 2.06. The van der Waals surface area contributed by atoms with Gasteiger partial charge in [-0.25, -0.2) is 0 Å². The van der Waals surface area contributed by atoms with Crippen LogP contribution in [0.5, 0.6) is 0 Å². The van der Waals surface area contributed by atoms with Gasteiger partial charge in [0, 0.05) is 0 Å². The average Bonchev–Trinajstić information content (AvgIpc) is 2.73. The number of fused-ring (bicyclic) bond motifs is 5. The van der Waals surface area contributed by atoms with Crippen molar-refractivity contribution in [1.29, 1.82) is 0 Å². The van der Waals surface area contributed by atoms with Gasteiger partial charge in [0.1, 0.15) is 0 Å². The van der Waals surface area contributed by atoms with Gasteiger partial charge in [0.15, 0.2) is 0 Å². The molecule has 4 aromatic rings. The molecule has 0 saturated carbocycles. The summed E-state index contributed by atoms with van der Waals surface area (Å²) in [6.07, 6.45) is 1.07. The monoisotopic (exact) mass is 256 g/mol. The molecule has 0 nitrogen and oxygen atoms in total. The van der Waals surface area contributed by atoms with Gasteiger partial charge in [0.25, 0.3) is 0 Å². The molecule has 0 aliphatic rings. The first-order valence-electron chi connectivity index (χ1n) is 7.20. The molecule has 0 aromatic heterocycles. The van der Waals surface area contributed by atoms with Gasteiger partial charge in [0.2, 0.25) is 0 Å². The quantitative estimate of drug-likeness (QED) is 0.409. The molecule has 4 rings (SSSR count). The minimum absolute atomic E-state index is 1.07. The summed E-state index contributed by atoms with van der Waals surface area (Å²) in [4.78, 5) is 0. The Kier molecular flexibility index (Phi) is 2.50. The molecule has 0 amide bonds. The summed E-state index contributed by atoms with van der Waals surface area (Å²) in [5.41, 5.74) is 1.39. The first-order valence-corrected chi connectivity index (χ1v) is 7.20. The van der Waals surface area contributed by atoms with Crippen LogP contribution in [0.3, 0.4) is 0 Å². The molecule has 0 fully saturated rings. The molecule has 0 unspecified atom stereocenters. The molecule has 0 saturated heterocycles.